The summed E-state index contributed by atoms with van der Waals surface area (Å²) in [6.07, 6.45) is 0. The van der Waals surface area contributed by atoms with Gasteiger partial charge in [0.2, 0.25) is 0 Å². The predicted molar refractivity (Wildman–Crippen MR) is 72.9 cm³/mol. The molecule has 0 amide bonds. The fourth-order valence-electron chi connectivity index (χ4n) is 2.87. The first-order valence-corrected chi connectivity index (χ1v) is 6.97. The number of ether oxygens (including phenoxy) is 1. The molecule has 0 spiro atoms. The first-order valence-electron chi connectivity index (χ1n) is 6.97. The number of carboxylic acids is 1. The lowest BCUT2D eigenvalue weighted by Gasteiger charge is -2.34. The van der Waals surface area contributed by atoms with Crippen LogP contribution in [0.2, 0.25) is 0 Å². The molecule has 3 atom stereocenters. The van der Waals surface area contributed by atoms with Crippen LogP contribution in [0.5, 0.6) is 0 Å². The fraction of sp³-hybridized carbons (Fsp3) is 0.533. The van der Waals surface area contributed by atoms with Crippen molar-refractivity contribution in [3.63, 3.8) is 0 Å². The van der Waals surface area contributed by atoms with Gasteiger partial charge in [0.25, 0.3) is 0 Å². The van der Waals surface area contributed by atoms with Crippen LogP contribution in [0.3, 0.4) is 0 Å². The van der Waals surface area contributed by atoms with Gasteiger partial charge in [0.1, 0.15) is 0 Å². The molecular formula is C15H19F2NO3. The smallest absolute Gasteiger partial charge is 0.310 e. The van der Waals surface area contributed by atoms with Gasteiger partial charge in [-0.25, -0.2) is 8.78 Å². The molecule has 1 aliphatic heterocycles. The minimum atomic E-state index is -0.896. The van der Waals surface area contributed by atoms with Gasteiger partial charge in [0.15, 0.2) is 11.6 Å². The number of aliphatic carboxylic acids is 1. The molecular weight excluding hydrogens is 280 g/mol. The summed E-state index contributed by atoms with van der Waals surface area (Å²) in [5.74, 6) is -3.28. The summed E-state index contributed by atoms with van der Waals surface area (Å²) in [7, 11) is 0. The molecule has 0 saturated carbocycles. The molecule has 116 valence electrons. The number of carbonyl (C=O) groups is 1. The van der Waals surface area contributed by atoms with Gasteiger partial charge in [0, 0.05) is 12.1 Å². The normalized spacial score (nSPS) is 23.5. The molecule has 0 bridgehead atoms. The average Bonchev–Trinajstić information content (AvgIpc) is 2.92. The van der Waals surface area contributed by atoms with E-state index < -0.39 is 23.5 Å². The Labute approximate surface area is 122 Å². The summed E-state index contributed by atoms with van der Waals surface area (Å²) in [6, 6.07) is 3.29. The Bertz CT molecular complexity index is 524. The molecule has 2 rings (SSSR count). The van der Waals surface area contributed by atoms with Crippen molar-refractivity contribution in [3.05, 3.63) is 35.4 Å². The zero-order chi connectivity index (χ0) is 15.6. The third-order valence-corrected chi connectivity index (χ3v) is 4.08. The predicted octanol–water partition coefficient (Wildman–Crippen LogP) is 2.45. The third-order valence-electron chi connectivity index (χ3n) is 4.08. The standard InChI is InChI=1S/C15H19F2NO3/c1-3-18(14-8-21-7-11(14)15(19)20)9(2)10-4-5-12(16)13(17)6-10/h4-6,9,11,14H,3,7-8H2,1-2H3,(H,19,20). The fourth-order valence-corrected chi connectivity index (χ4v) is 2.87. The van der Waals surface area contributed by atoms with E-state index in [0.29, 0.717) is 18.7 Å². The monoisotopic (exact) mass is 299 g/mol. The summed E-state index contributed by atoms with van der Waals surface area (Å²) in [5.41, 5.74) is 0.617. The van der Waals surface area contributed by atoms with Gasteiger partial charge >= 0.3 is 5.97 Å². The second-order valence-corrected chi connectivity index (χ2v) is 5.23. The number of hydrogen-bond acceptors (Lipinski definition) is 3. The Kier molecular flexibility index (Phi) is 4.90. The highest BCUT2D eigenvalue weighted by Gasteiger charge is 2.39. The topological polar surface area (TPSA) is 49.8 Å². The van der Waals surface area contributed by atoms with Crippen LogP contribution in [0.25, 0.3) is 0 Å². The lowest BCUT2D eigenvalue weighted by molar-refractivity contribution is -0.143. The highest BCUT2D eigenvalue weighted by molar-refractivity contribution is 5.71. The number of halogens is 2. The zero-order valence-corrected chi connectivity index (χ0v) is 12.1. The third kappa shape index (κ3) is 3.22. The molecule has 1 heterocycles. The number of rotatable bonds is 5. The second-order valence-electron chi connectivity index (χ2n) is 5.23. The lowest BCUT2D eigenvalue weighted by atomic mass is 9.98. The summed E-state index contributed by atoms with van der Waals surface area (Å²) in [4.78, 5) is 13.2. The van der Waals surface area contributed by atoms with Crippen molar-refractivity contribution >= 4 is 5.97 Å². The summed E-state index contributed by atoms with van der Waals surface area (Å²) in [5, 5.41) is 9.24. The molecule has 0 aromatic heterocycles. The summed E-state index contributed by atoms with van der Waals surface area (Å²) < 4.78 is 31.7. The minimum Gasteiger partial charge on any atom is -0.481 e. The summed E-state index contributed by atoms with van der Waals surface area (Å²) in [6.45, 7) is 4.87. The van der Waals surface area contributed by atoms with E-state index in [-0.39, 0.29) is 18.7 Å². The highest BCUT2D eigenvalue weighted by Crippen LogP contribution is 2.29. The molecule has 0 aliphatic carbocycles. The maximum atomic E-state index is 13.4. The Morgan fingerprint density at radius 1 is 1.43 bits per heavy atom. The van der Waals surface area contributed by atoms with Crippen LogP contribution in [-0.2, 0) is 9.53 Å². The zero-order valence-electron chi connectivity index (χ0n) is 12.1. The molecule has 1 aromatic carbocycles. The minimum absolute atomic E-state index is 0.182. The van der Waals surface area contributed by atoms with E-state index in [0.717, 1.165) is 12.1 Å². The van der Waals surface area contributed by atoms with Crippen LogP contribution >= 0.6 is 0 Å². The Hall–Kier alpha value is -1.53. The number of carboxylic acid groups (broad SMARTS) is 1. The number of nitrogens with zero attached hydrogens (tertiary/aromatic N) is 1. The van der Waals surface area contributed by atoms with Crippen molar-refractivity contribution in [1.29, 1.82) is 0 Å². The lowest BCUT2D eigenvalue weighted by Crippen LogP contribution is -2.44. The van der Waals surface area contributed by atoms with E-state index in [9.17, 15) is 18.7 Å². The van der Waals surface area contributed by atoms with Gasteiger partial charge in [-0.05, 0) is 31.2 Å². The van der Waals surface area contributed by atoms with Crippen molar-refractivity contribution in [3.8, 4) is 0 Å². The SMILES string of the molecule is CCN(C(C)c1ccc(F)c(F)c1)C1COCC1C(=O)O. The largest absolute Gasteiger partial charge is 0.481 e. The second kappa shape index (κ2) is 6.49. The van der Waals surface area contributed by atoms with Crippen molar-refractivity contribution in [2.75, 3.05) is 19.8 Å². The van der Waals surface area contributed by atoms with E-state index in [2.05, 4.69) is 0 Å². The van der Waals surface area contributed by atoms with Crippen LogP contribution < -0.4 is 0 Å². The van der Waals surface area contributed by atoms with Crippen LogP contribution in [0.4, 0.5) is 8.78 Å². The Balaban J connectivity index is 2.23. The highest BCUT2D eigenvalue weighted by atomic mass is 19.2. The molecule has 1 aliphatic rings. The van der Waals surface area contributed by atoms with E-state index in [1.54, 1.807) is 0 Å². The molecule has 6 heteroatoms. The van der Waals surface area contributed by atoms with Crippen molar-refractivity contribution in [2.45, 2.75) is 25.9 Å². The van der Waals surface area contributed by atoms with Crippen molar-refractivity contribution in [1.82, 2.24) is 4.90 Å². The Morgan fingerprint density at radius 2 is 2.14 bits per heavy atom. The van der Waals surface area contributed by atoms with Crippen LogP contribution in [0, 0.1) is 17.6 Å². The van der Waals surface area contributed by atoms with Crippen LogP contribution in [0.1, 0.15) is 25.5 Å². The average molecular weight is 299 g/mol. The molecule has 1 saturated heterocycles. The Morgan fingerprint density at radius 3 is 2.71 bits per heavy atom. The first-order chi connectivity index (χ1) is 9.95. The quantitative estimate of drug-likeness (QED) is 0.907. The number of hydrogen-bond donors (Lipinski definition) is 1. The molecule has 0 radical (unpaired) electrons. The van der Waals surface area contributed by atoms with Gasteiger partial charge in [-0.15, -0.1) is 0 Å². The van der Waals surface area contributed by atoms with Gasteiger partial charge in [-0.2, -0.15) is 0 Å². The van der Waals surface area contributed by atoms with Crippen LogP contribution in [-0.4, -0.2) is 41.8 Å². The molecule has 3 unspecified atom stereocenters. The van der Waals surface area contributed by atoms with E-state index in [1.165, 1.54) is 6.07 Å². The van der Waals surface area contributed by atoms with Crippen LogP contribution in [0.15, 0.2) is 18.2 Å². The maximum absolute atomic E-state index is 13.4. The first kappa shape index (κ1) is 15.9. The van der Waals surface area contributed by atoms with Gasteiger partial charge < -0.3 is 9.84 Å². The van der Waals surface area contributed by atoms with Crippen molar-refractivity contribution in [2.24, 2.45) is 5.92 Å². The van der Waals surface area contributed by atoms with Gasteiger partial charge in [0.05, 0.1) is 19.1 Å². The van der Waals surface area contributed by atoms with E-state index in [4.69, 9.17) is 4.74 Å². The molecule has 1 aromatic rings. The summed E-state index contributed by atoms with van der Waals surface area (Å²) >= 11 is 0. The number of likely N-dealkylation sites (N-methyl/N-ethyl adjacent to an activating group) is 1. The van der Waals surface area contributed by atoms with Gasteiger partial charge in [-0.1, -0.05) is 13.0 Å². The van der Waals surface area contributed by atoms with E-state index >= 15 is 0 Å². The van der Waals surface area contributed by atoms with E-state index in [1.807, 2.05) is 18.7 Å². The molecule has 1 fully saturated rings. The number of benzene rings is 1. The molecule has 1 N–H and O–H groups in total. The van der Waals surface area contributed by atoms with Crippen molar-refractivity contribution < 1.29 is 23.4 Å². The van der Waals surface area contributed by atoms with Gasteiger partial charge in [-0.3, -0.25) is 9.69 Å². The maximum Gasteiger partial charge on any atom is 0.310 e. The molecule has 4 nitrogen and oxygen atoms in total. The molecule has 21 heavy (non-hydrogen) atoms.